The van der Waals surface area contributed by atoms with Gasteiger partial charge in [0, 0.05) is 6.92 Å². The third kappa shape index (κ3) is 5.04. The molecule has 0 saturated carbocycles. The third-order valence-electron chi connectivity index (χ3n) is 2.00. The first kappa shape index (κ1) is 14.5. The van der Waals surface area contributed by atoms with E-state index in [1.54, 1.807) is 0 Å². The first-order valence-electron chi connectivity index (χ1n) is 5.38. The lowest BCUT2D eigenvalue weighted by Gasteiger charge is -2.07. The zero-order chi connectivity index (χ0) is 14.3. The highest BCUT2D eigenvalue weighted by molar-refractivity contribution is 5.97. The van der Waals surface area contributed by atoms with Crippen molar-refractivity contribution in [3.8, 4) is 12.3 Å². The first-order valence-corrected chi connectivity index (χ1v) is 5.38. The molecule has 0 radical (unpaired) electrons. The second-order valence-corrected chi connectivity index (χ2v) is 3.57. The molecule has 0 bridgehead atoms. The second-order valence-electron chi connectivity index (χ2n) is 3.57. The molecular formula is C14H12FNO3. The van der Waals surface area contributed by atoms with Crippen LogP contribution in [0.4, 0.5) is 4.39 Å². The van der Waals surface area contributed by atoms with Gasteiger partial charge in [-0.3, -0.25) is 4.79 Å². The maximum absolute atomic E-state index is 12.8. The van der Waals surface area contributed by atoms with Gasteiger partial charge in [-0.05, 0) is 23.8 Å². The lowest BCUT2D eigenvalue weighted by molar-refractivity contribution is -0.139. The molecule has 0 aliphatic heterocycles. The number of benzene rings is 1. The number of ether oxygens (including phenoxy) is 1. The van der Waals surface area contributed by atoms with Gasteiger partial charge < -0.3 is 10.1 Å². The van der Waals surface area contributed by atoms with Crippen molar-refractivity contribution < 1.29 is 18.7 Å². The van der Waals surface area contributed by atoms with Crippen LogP contribution in [-0.4, -0.2) is 18.5 Å². The van der Waals surface area contributed by atoms with E-state index < -0.39 is 17.7 Å². The Morgan fingerprint density at radius 2 is 2.05 bits per heavy atom. The number of halogens is 1. The Morgan fingerprint density at radius 1 is 1.42 bits per heavy atom. The molecule has 1 rings (SSSR count). The number of carbonyl (C=O) groups excluding carboxylic acids is 2. The minimum absolute atomic E-state index is 0.0608. The van der Waals surface area contributed by atoms with Crippen LogP contribution in [0.25, 0.3) is 6.08 Å². The van der Waals surface area contributed by atoms with E-state index in [-0.39, 0.29) is 12.3 Å². The van der Waals surface area contributed by atoms with Gasteiger partial charge in [0.2, 0.25) is 5.91 Å². The Labute approximate surface area is 110 Å². The molecule has 0 spiro atoms. The number of nitrogens with one attached hydrogen (secondary N) is 1. The van der Waals surface area contributed by atoms with Crippen molar-refractivity contribution in [2.75, 3.05) is 6.61 Å². The van der Waals surface area contributed by atoms with Crippen LogP contribution in [0.1, 0.15) is 12.5 Å². The zero-order valence-electron chi connectivity index (χ0n) is 10.3. The standard InChI is InChI=1S/C14H12FNO3/c1-3-8-19-14(18)13(16-10(2)17)9-11-4-6-12(15)7-5-11/h1,4-7,9H,8H2,2H3,(H,16,17)/b13-9-. The minimum atomic E-state index is -0.752. The number of amides is 1. The fourth-order valence-corrected chi connectivity index (χ4v) is 1.25. The van der Waals surface area contributed by atoms with Gasteiger partial charge in [0.05, 0.1) is 0 Å². The van der Waals surface area contributed by atoms with Gasteiger partial charge in [0.15, 0.2) is 6.61 Å². The Morgan fingerprint density at radius 3 is 2.58 bits per heavy atom. The minimum Gasteiger partial charge on any atom is -0.448 e. The Kier molecular flexibility index (Phi) is 5.30. The van der Waals surface area contributed by atoms with Gasteiger partial charge in [-0.25, -0.2) is 9.18 Å². The number of esters is 1. The predicted molar refractivity (Wildman–Crippen MR) is 68.0 cm³/mol. The van der Waals surface area contributed by atoms with E-state index in [0.717, 1.165) is 0 Å². The molecular weight excluding hydrogens is 249 g/mol. The van der Waals surface area contributed by atoms with Crippen molar-refractivity contribution in [3.05, 3.63) is 41.3 Å². The van der Waals surface area contributed by atoms with E-state index in [1.165, 1.54) is 37.3 Å². The molecule has 0 fully saturated rings. The first-order chi connectivity index (χ1) is 9.02. The average Bonchev–Trinajstić information content (AvgIpc) is 2.37. The van der Waals surface area contributed by atoms with Gasteiger partial charge in [0.1, 0.15) is 11.5 Å². The van der Waals surface area contributed by atoms with E-state index in [2.05, 4.69) is 11.2 Å². The highest BCUT2D eigenvalue weighted by Gasteiger charge is 2.12. The number of terminal acetylenes is 1. The monoisotopic (exact) mass is 261 g/mol. The normalized spacial score (nSPS) is 10.5. The summed E-state index contributed by atoms with van der Waals surface area (Å²) >= 11 is 0. The second kappa shape index (κ2) is 6.97. The van der Waals surface area contributed by atoms with Crippen LogP contribution in [0, 0.1) is 18.2 Å². The molecule has 0 saturated heterocycles. The summed E-state index contributed by atoms with van der Waals surface area (Å²) in [6, 6.07) is 5.41. The molecule has 0 aliphatic rings. The van der Waals surface area contributed by atoms with Crippen LogP contribution in [0.2, 0.25) is 0 Å². The number of carbonyl (C=O) groups is 2. The van der Waals surface area contributed by atoms with Crippen molar-refractivity contribution in [3.63, 3.8) is 0 Å². The van der Waals surface area contributed by atoms with Crippen molar-refractivity contribution in [2.24, 2.45) is 0 Å². The molecule has 1 amide bonds. The maximum Gasteiger partial charge on any atom is 0.355 e. The molecule has 1 aromatic carbocycles. The summed E-state index contributed by atoms with van der Waals surface area (Å²) in [6.07, 6.45) is 6.35. The Hall–Kier alpha value is -2.61. The average molecular weight is 261 g/mol. The SMILES string of the molecule is C#CCOC(=O)/C(=C/c1ccc(F)cc1)NC(C)=O. The van der Waals surface area contributed by atoms with Crippen LogP contribution in [0.5, 0.6) is 0 Å². The Balaban J connectivity index is 2.95. The highest BCUT2D eigenvalue weighted by Crippen LogP contribution is 2.08. The fourth-order valence-electron chi connectivity index (χ4n) is 1.25. The highest BCUT2D eigenvalue weighted by atomic mass is 19.1. The van der Waals surface area contributed by atoms with E-state index in [9.17, 15) is 14.0 Å². The van der Waals surface area contributed by atoms with Crippen LogP contribution in [0.15, 0.2) is 30.0 Å². The van der Waals surface area contributed by atoms with Gasteiger partial charge >= 0.3 is 5.97 Å². The van der Waals surface area contributed by atoms with E-state index in [1.807, 2.05) is 0 Å². The molecule has 0 unspecified atom stereocenters. The van der Waals surface area contributed by atoms with Crippen molar-refractivity contribution in [1.29, 1.82) is 0 Å². The molecule has 0 aliphatic carbocycles. The fraction of sp³-hybridized carbons (Fsp3) is 0.143. The quantitative estimate of drug-likeness (QED) is 0.507. The molecule has 0 aromatic heterocycles. The van der Waals surface area contributed by atoms with Crippen molar-refractivity contribution in [2.45, 2.75) is 6.92 Å². The molecule has 0 heterocycles. The summed E-state index contributed by atoms with van der Waals surface area (Å²) < 4.78 is 17.5. The maximum atomic E-state index is 12.8. The lowest BCUT2D eigenvalue weighted by atomic mass is 10.2. The van der Waals surface area contributed by atoms with E-state index in [4.69, 9.17) is 11.2 Å². The summed E-state index contributed by atoms with van der Waals surface area (Å²) in [4.78, 5) is 22.7. The molecule has 19 heavy (non-hydrogen) atoms. The van der Waals surface area contributed by atoms with Crippen LogP contribution >= 0.6 is 0 Å². The molecule has 5 heteroatoms. The summed E-state index contributed by atoms with van der Waals surface area (Å²) in [7, 11) is 0. The smallest absolute Gasteiger partial charge is 0.355 e. The number of hydrogen-bond donors (Lipinski definition) is 1. The van der Waals surface area contributed by atoms with Gasteiger partial charge in [-0.15, -0.1) is 6.42 Å². The molecule has 98 valence electrons. The molecule has 1 aromatic rings. The predicted octanol–water partition coefficient (Wildman–Crippen LogP) is 1.48. The van der Waals surface area contributed by atoms with Crippen molar-refractivity contribution >= 4 is 18.0 Å². The number of hydrogen-bond acceptors (Lipinski definition) is 3. The molecule has 4 nitrogen and oxygen atoms in total. The van der Waals surface area contributed by atoms with Crippen molar-refractivity contribution in [1.82, 2.24) is 5.32 Å². The molecule has 0 atom stereocenters. The van der Waals surface area contributed by atoms with Crippen LogP contribution < -0.4 is 5.32 Å². The summed E-state index contributed by atoms with van der Waals surface area (Å²) in [5.74, 6) is 0.573. The number of rotatable bonds is 4. The molecule has 1 N–H and O–H groups in total. The summed E-state index contributed by atoms with van der Waals surface area (Å²) in [6.45, 7) is 1.06. The third-order valence-corrected chi connectivity index (χ3v) is 2.00. The van der Waals surface area contributed by atoms with Gasteiger partial charge in [0.25, 0.3) is 0 Å². The van der Waals surface area contributed by atoms with E-state index in [0.29, 0.717) is 5.56 Å². The Bertz CT molecular complexity index is 541. The summed E-state index contributed by atoms with van der Waals surface area (Å²) in [5, 5.41) is 2.34. The van der Waals surface area contributed by atoms with Crippen LogP contribution in [-0.2, 0) is 14.3 Å². The largest absolute Gasteiger partial charge is 0.448 e. The van der Waals surface area contributed by atoms with Gasteiger partial charge in [-0.1, -0.05) is 18.1 Å². The topological polar surface area (TPSA) is 55.4 Å². The lowest BCUT2D eigenvalue weighted by Crippen LogP contribution is -2.26. The summed E-state index contributed by atoms with van der Waals surface area (Å²) in [5.41, 5.74) is 0.483. The van der Waals surface area contributed by atoms with Gasteiger partial charge in [-0.2, -0.15) is 0 Å². The van der Waals surface area contributed by atoms with E-state index >= 15 is 0 Å². The zero-order valence-corrected chi connectivity index (χ0v) is 10.3. The van der Waals surface area contributed by atoms with Crippen LogP contribution in [0.3, 0.4) is 0 Å².